The summed E-state index contributed by atoms with van der Waals surface area (Å²) in [5.41, 5.74) is 1.99. The largest absolute Gasteiger partial charge is 0.328 e. The zero-order chi connectivity index (χ0) is 12.0. The lowest BCUT2D eigenvalue weighted by atomic mass is 9.99. The molecule has 0 amide bonds. The number of hydrogen-bond acceptors (Lipinski definition) is 2. The number of nitrogens with zero attached hydrogens (tertiary/aromatic N) is 2. The summed E-state index contributed by atoms with van der Waals surface area (Å²) in [5.74, 6) is 1.08. The number of rotatable bonds is 1. The summed E-state index contributed by atoms with van der Waals surface area (Å²) >= 11 is 6.25. The molecule has 3 rings (SSSR count). The molecule has 3 nitrogen and oxygen atoms in total. The topological polar surface area (TPSA) is 29.9 Å². The van der Waals surface area contributed by atoms with Crippen molar-refractivity contribution in [1.82, 2.24) is 14.9 Å². The van der Waals surface area contributed by atoms with E-state index in [4.69, 9.17) is 16.6 Å². The Morgan fingerprint density at radius 1 is 1.47 bits per heavy atom. The van der Waals surface area contributed by atoms with Crippen molar-refractivity contribution in [1.29, 1.82) is 0 Å². The van der Waals surface area contributed by atoms with Gasteiger partial charge in [-0.3, -0.25) is 0 Å². The number of imidazole rings is 1. The summed E-state index contributed by atoms with van der Waals surface area (Å²) in [6.07, 6.45) is 2.33. The van der Waals surface area contributed by atoms with Gasteiger partial charge in [0.2, 0.25) is 0 Å². The normalized spacial score (nSPS) is 24.6. The molecule has 1 unspecified atom stereocenters. The van der Waals surface area contributed by atoms with E-state index in [0.717, 1.165) is 34.8 Å². The molecule has 0 spiro atoms. The van der Waals surface area contributed by atoms with Crippen molar-refractivity contribution in [3.8, 4) is 0 Å². The van der Waals surface area contributed by atoms with Crippen molar-refractivity contribution in [2.45, 2.75) is 25.3 Å². The van der Waals surface area contributed by atoms with Gasteiger partial charge in [0.15, 0.2) is 0 Å². The lowest BCUT2D eigenvalue weighted by molar-refractivity contribution is 0.397. The van der Waals surface area contributed by atoms with Crippen LogP contribution in [-0.2, 0) is 12.6 Å². The van der Waals surface area contributed by atoms with E-state index < -0.39 is 0 Å². The zero-order valence-corrected chi connectivity index (χ0v) is 10.9. The van der Waals surface area contributed by atoms with Crippen LogP contribution in [0.15, 0.2) is 18.2 Å². The minimum Gasteiger partial charge on any atom is -0.328 e. The number of nitrogens with one attached hydrogen (secondary N) is 1. The highest BCUT2D eigenvalue weighted by Gasteiger charge is 2.34. The highest BCUT2D eigenvalue weighted by atomic mass is 35.5. The molecule has 1 aromatic carbocycles. The average molecular weight is 250 g/mol. The van der Waals surface area contributed by atoms with E-state index in [0.29, 0.717) is 0 Å². The van der Waals surface area contributed by atoms with Crippen LogP contribution < -0.4 is 5.32 Å². The van der Waals surface area contributed by atoms with Crippen LogP contribution in [0.25, 0.3) is 11.0 Å². The van der Waals surface area contributed by atoms with Crippen LogP contribution >= 0.6 is 11.6 Å². The fraction of sp³-hybridized carbons (Fsp3) is 0.462. The van der Waals surface area contributed by atoms with Crippen LogP contribution in [-0.4, -0.2) is 16.1 Å². The lowest BCUT2D eigenvalue weighted by Gasteiger charge is -2.23. The Balaban J connectivity index is 2.24. The quantitative estimate of drug-likeness (QED) is 0.842. The van der Waals surface area contributed by atoms with E-state index in [1.165, 1.54) is 6.42 Å². The Labute approximate surface area is 106 Å². The van der Waals surface area contributed by atoms with E-state index in [9.17, 15) is 0 Å². The van der Waals surface area contributed by atoms with E-state index in [-0.39, 0.29) is 5.54 Å². The molecule has 1 aliphatic heterocycles. The average Bonchev–Trinajstić information content (AvgIpc) is 2.86. The summed E-state index contributed by atoms with van der Waals surface area (Å²) in [4.78, 5) is 4.74. The summed E-state index contributed by atoms with van der Waals surface area (Å²) in [6.45, 7) is 3.28. The standard InChI is InChI=1S/C13H16ClN3/c1-13(7-4-8-15-13)12-16-10-6-3-5-9(14)11(10)17(12)2/h3,5-6,15H,4,7-8H2,1-2H3. The minimum atomic E-state index is -0.0168. The molecular weight excluding hydrogens is 234 g/mol. The molecule has 2 aromatic rings. The maximum absolute atomic E-state index is 6.25. The first kappa shape index (κ1) is 11.1. The van der Waals surface area contributed by atoms with Gasteiger partial charge in [-0.15, -0.1) is 0 Å². The SMILES string of the molecule is Cn1c(C2(C)CCCN2)nc2cccc(Cl)c21. The highest BCUT2D eigenvalue weighted by Crippen LogP contribution is 2.33. The Kier molecular flexibility index (Phi) is 2.42. The number of halogens is 1. The summed E-state index contributed by atoms with van der Waals surface area (Å²) < 4.78 is 2.12. The van der Waals surface area contributed by atoms with Gasteiger partial charge in [0.25, 0.3) is 0 Å². The van der Waals surface area contributed by atoms with E-state index in [1.807, 2.05) is 25.2 Å². The Morgan fingerprint density at radius 3 is 2.94 bits per heavy atom. The number of hydrogen-bond donors (Lipinski definition) is 1. The predicted molar refractivity (Wildman–Crippen MR) is 70.3 cm³/mol. The lowest BCUT2D eigenvalue weighted by Crippen LogP contribution is -2.35. The van der Waals surface area contributed by atoms with Crippen molar-refractivity contribution < 1.29 is 0 Å². The number of benzene rings is 1. The highest BCUT2D eigenvalue weighted by molar-refractivity contribution is 6.35. The molecule has 0 bridgehead atoms. The number of fused-ring (bicyclic) bond motifs is 1. The first-order valence-corrected chi connectivity index (χ1v) is 6.36. The van der Waals surface area contributed by atoms with Crippen LogP contribution in [0.1, 0.15) is 25.6 Å². The minimum absolute atomic E-state index is 0.0168. The van der Waals surface area contributed by atoms with Gasteiger partial charge in [0.1, 0.15) is 5.82 Å². The molecule has 0 saturated carbocycles. The molecule has 90 valence electrons. The van der Waals surface area contributed by atoms with Crippen molar-refractivity contribution in [3.05, 3.63) is 29.0 Å². The molecule has 1 N–H and O–H groups in total. The smallest absolute Gasteiger partial charge is 0.129 e. The first-order chi connectivity index (χ1) is 8.12. The molecule has 1 aromatic heterocycles. The van der Waals surface area contributed by atoms with Gasteiger partial charge >= 0.3 is 0 Å². The van der Waals surface area contributed by atoms with Crippen molar-refractivity contribution in [2.24, 2.45) is 7.05 Å². The Morgan fingerprint density at radius 2 is 2.29 bits per heavy atom. The monoisotopic (exact) mass is 249 g/mol. The maximum atomic E-state index is 6.25. The molecule has 0 aliphatic carbocycles. The maximum Gasteiger partial charge on any atom is 0.129 e. The van der Waals surface area contributed by atoms with Crippen LogP contribution in [0.4, 0.5) is 0 Å². The molecule has 1 fully saturated rings. The fourth-order valence-electron chi connectivity index (χ4n) is 2.80. The number of aryl methyl sites for hydroxylation is 1. The van der Waals surface area contributed by atoms with Crippen LogP contribution in [0, 0.1) is 0 Å². The summed E-state index contributed by atoms with van der Waals surface area (Å²) in [6, 6.07) is 5.88. The third kappa shape index (κ3) is 1.57. The fourth-order valence-corrected chi connectivity index (χ4v) is 3.10. The van der Waals surface area contributed by atoms with Crippen LogP contribution in [0.3, 0.4) is 0 Å². The predicted octanol–water partition coefficient (Wildman–Crippen LogP) is 2.83. The Bertz CT molecular complexity index is 567. The van der Waals surface area contributed by atoms with E-state index in [2.05, 4.69) is 16.8 Å². The summed E-state index contributed by atoms with van der Waals surface area (Å²) in [5, 5.41) is 4.31. The van der Waals surface area contributed by atoms with Gasteiger partial charge in [-0.25, -0.2) is 4.98 Å². The van der Waals surface area contributed by atoms with Gasteiger partial charge < -0.3 is 9.88 Å². The molecular formula is C13H16ClN3. The number of para-hydroxylation sites is 1. The van der Waals surface area contributed by atoms with Crippen molar-refractivity contribution >= 4 is 22.6 Å². The number of aromatic nitrogens is 2. The van der Waals surface area contributed by atoms with Gasteiger partial charge in [-0.05, 0) is 38.4 Å². The summed E-state index contributed by atoms with van der Waals surface area (Å²) in [7, 11) is 2.04. The third-order valence-electron chi connectivity index (χ3n) is 3.71. The second-order valence-corrected chi connectivity index (χ2v) is 5.37. The van der Waals surface area contributed by atoms with E-state index >= 15 is 0 Å². The van der Waals surface area contributed by atoms with Gasteiger partial charge in [-0.1, -0.05) is 17.7 Å². The Hall–Kier alpha value is -1.06. The molecule has 2 heterocycles. The molecule has 0 radical (unpaired) electrons. The first-order valence-electron chi connectivity index (χ1n) is 5.98. The zero-order valence-electron chi connectivity index (χ0n) is 10.1. The van der Waals surface area contributed by atoms with Crippen LogP contribution in [0.2, 0.25) is 5.02 Å². The second-order valence-electron chi connectivity index (χ2n) is 4.96. The second kappa shape index (κ2) is 3.72. The molecule has 1 atom stereocenters. The molecule has 4 heteroatoms. The third-order valence-corrected chi connectivity index (χ3v) is 4.01. The molecule has 1 saturated heterocycles. The molecule has 1 aliphatic rings. The van der Waals surface area contributed by atoms with Crippen molar-refractivity contribution in [3.63, 3.8) is 0 Å². The van der Waals surface area contributed by atoms with Crippen LogP contribution in [0.5, 0.6) is 0 Å². The van der Waals surface area contributed by atoms with Gasteiger partial charge in [0, 0.05) is 7.05 Å². The van der Waals surface area contributed by atoms with Crippen molar-refractivity contribution in [2.75, 3.05) is 6.54 Å². The van der Waals surface area contributed by atoms with Gasteiger partial charge in [-0.2, -0.15) is 0 Å². The van der Waals surface area contributed by atoms with Gasteiger partial charge in [0.05, 0.1) is 21.6 Å². The molecule has 17 heavy (non-hydrogen) atoms. The van der Waals surface area contributed by atoms with E-state index in [1.54, 1.807) is 0 Å².